The monoisotopic (exact) mass is 403 g/mol. The molecule has 0 radical (unpaired) electrons. The fourth-order valence-corrected chi connectivity index (χ4v) is 4.61. The standard InChI is InChI=1S/C24H29N5O/c1-19(30)21-7-8-22(16-25)23(15-21)29-10-4-5-20(18-29)17-27-11-13-28(14-12-27)24-6-2-3-9-26-24/h2-3,6-9,15,20H,4-5,10-14,17-18H2,1H3. The number of nitrogens with zero attached hydrogens (tertiary/aromatic N) is 5. The van der Waals surface area contributed by atoms with Gasteiger partial charge in [0.15, 0.2) is 5.78 Å². The highest BCUT2D eigenvalue weighted by molar-refractivity contribution is 5.95. The van der Waals surface area contributed by atoms with E-state index in [4.69, 9.17) is 0 Å². The van der Waals surface area contributed by atoms with Crippen LogP contribution in [-0.4, -0.2) is 61.5 Å². The third kappa shape index (κ3) is 4.63. The number of hydrogen-bond acceptors (Lipinski definition) is 6. The molecule has 6 heteroatoms. The molecule has 0 N–H and O–H groups in total. The molecular weight excluding hydrogens is 374 g/mol. The lowest BCUT2D eigenvalue weighted by Gasteiger charge is -2.40. The summed E-state index contributed by atoms with van der Waals surface area (Å²) in [7, 11) is 0. The number of nitriles is 1. The number of carbonyl (C=O) groups is 1. The topological polar surface area (TPSA) is 63.5 Å². The third-order valence-corrected chi connectivity index (χ3v) is 6.25. The van der Waals surface area contributed by atoms with Gasteiger partial charge in [-0.3, -0.25) is 9.69 Å². The molecule has 2 aromatic rings. The summed E-state index contributed by atoms with van der Waals surface area (Å²) >= 11 is 0. The number of anilines is 2. The van der Waals surface area contributed by atoms with Crippen molar-refractivity contribution in [2.45, 2.75) is 19.8 Å². The van der Waals surface area contributed by atoms with Crippen LogP contribution < -0.4 is 9.80 Å². The summed E-state index contributed by atoms with van der Waals surface area (Å²) in [6.07, 6.45) is 4.19. The molecule has 0 saturated carbocycles. The molecule has 0 spiro atoms. The smallest absolute Gasteiger partial charge is 0.159 e. The van der Waals surface area contributed by atoms with Gasteiger partial charge in [0.2, 0.25) is 0 Å². The van der Waals surface area contributed by atoms with Crippen LogP contribution in [0.4, 0.5) is 11.5 Å². The first-order chi connectivity index (χ1) is 14.6. The first-order valence-electron chi connectivity index (χ1n) is 10.8. The average molecular weight is 404 g/mol. The van der Waals surface area contributed by atoms with Gasteiger partial charge < -0.3 is 9.80 Å². The van der Waals surface area contributed by atoms with Gasteiger partial charge >= 0.3 is 0 Å². The number of Topliss-reactive ketones (excluding diaryl/α,β-unsaturated/α-hetero) is 1. The van der Waals surface area contributed by atoms with E-state index in [9.17, 15) is 10.1 Å². The highest BCUT2D eigenvalue weighted by Crippen LogP contribution is 2.28. The van der Waals surface area contributed by atoms with Gasteiger partial charge in [0.1, 0.15) is 11.9 Å². The summed E-state index contributed by atoms with van der Waals surface area (Å²) in [4.78, 5) is 23.5. The van der Waals surface area contributed by atoms with Crippen molar-refractivity contribution in [2.75, 3.05) is 55.6 Å². The van der Waals surface area contributed by atoms with Crippen LogP contribution in [-0.2, 0) is 0 Å². The molecule has 156 valence electrons. The number of pyridine rings is 1. The number of piperidine rings is 1. The number of ketones is 1. The second-order valence-corrected chi connectivity index (χ2v) is 8.33. The predicted molar refractivity (Wildman–Crippen MR) is 119 cm³/mol. The van der Waals surface area contributed by atoms with Crippen LogP contribution >= 0.6 is 0 Å². The van der Waals surface area contributed by atoms with Crippen LogP contribution in [0.2, 0.25) is 0 Å². The van der Waals surface area contributed by atoms with Gasteiger partial charge in [-0.05, 0) is 56.0 Å². The molecule has 30 heavy (non-hydrogen) atoms. The Morgan fingerprint density at radius 3 is 2.67 bits per heavy atom. The highest BCUT2D eigenvalue weighted by atomic mass is 16.1. The molecular formula is C24H29N5O. The zero-order valence-corrected chi connectivity index (χ0v) is 17.6. The third-order valence-electron chi connectivity index (χ3n) is 6.25. The molecule has 1 aromatic carbocycles. The number of benzene rings is 1. The molecule has 1 aromatic heterocycles. The quantitative estimate of drug-likeness (QED) is 0.715. The maximum absolute atomic E-state index is 11.8. The van der Waals surface area contributed by atoms with Gasteiger partial charge in [0.25, 0.3) is 0 Å². The van der Waals surface area contributed by atoms with E-state index in [0.29, 0.717) is 17.0 Å². The Morgan fingerprint density at radius 2 is 1.97 bits per heavy atom. The number of carbonyl (C=O) groups excluding carboxylic acids is 1. The Balaban J connectivity index is 1.37. The zero-order valence-electron chi connectivity index (χ0n) is 17.6. The fraction of sp³-hybridized carbons (Fsp3) is 0.458. The van der Waals surface area contributed by atoms with Crippen molar-refractivity contribution in [1.82, 2.24) is 9.88 Å². The van der Waals surface area contributed by atoms with E-state index in [1.807, 2.05) is 24.4 Å². The van der Waals surface area contributed by atoms with Crippen LogP contribution in [0.3, 0.4) is 0 Å². The molecule has 4 rings (SSSR count). The Kier molecular flexibility index (Phi) is 6.29. The van der Waals surface area contributed by atoms with Gasteiger partial charge in [-0.25, -0.2) is 4.98 Å². The van der Waals surface area contributed by atoms with E-state index in [1.54, 1.807) is 19.1 Å². The molecule has 0 aliphatic carbocycles. The minimum Gasteiger partial charge on any atom is -0.370 e. The molecule has 1 unspecified atom stereocenters. The van der Waals surface area contributed by atoms with E-state index in [-0.39, 0.29) is 5.78 Å². The second kappa shape index (κ2) is 9.27. The second-order valence-electron chi connectivity index (χ2n) is 8.33. The zero-order chi connectivity index (χ0) is 20.9. The van der Waals surface area contributed by atoms with Crippen molar-refractivity contribution in [1.29, 1.82) is 5.26 Å². The Hall–Kier alpha value is -2.91. The van der Waals surface area contributed by atoms with Gasteiger partial charge in [-0.15, -0.1) is 0 Å². The van der Waals surface area contributed by atoms with Crippen LogP contribution in [0.25, 0.3) is 0 Å². The largest absolute Gasteiger partial charge is 0.370 e. The van der Waals surface area contributed by atoms with E-state index in [1.165, 1.54) is 6.42 Å². The molecule has 0 amide bonds. The lowest BCUT2D eigenvalue weighted by molar-refractivity contribution is 0.101. The summed E-state index contributed by atoms with van der Waals surface area (Å²) in [5, 5.41) is 9.54. The molecule has 6 nitrogen and oxygen atoms in total. The minimum absolute atomic E-state index is 0.0417. The number of aromatic nitrogens is 1. The van der Waals surface area contributed by atoms with Crippen LogP contribution in [0.15, 0.2) is 42.6 Å². The minimum atomic E-state index is 0.0417. The van der Waals surface area contributed by atoms with E-state index < -0.39 is 0 Å². The fourth-order valence-electron chi connectivity index (χ4n) is 4.61. The van der Waals surface area contributed by atoms with E-state index in [2.05, 4.69) is 31.8 Å². The Morgan fingerprint density at radius 1 is 1.13 bits per heavy atom. The maximum Gasteiger partial charge on any atom is 0.159 e. The van der Waals surface area contributed by atoms with Gasteiger partial charge in [-0.2, -0.15) is 5.26 Å². The molecule has 3 heterocycles. The van der Waals surface area contributed by atoms with Crippen LogP contribution in [0, 0.1) is 17.2 Å². The molecule has 2 saturated heterocycles. The summed E-state index contributed by atoms with van der Waals surface area (Å²) in [6, 6.07) is 13.8. The number of hydrogen-bond donors (Lipinski definition) is 0. The first-order valence-corrected chi connectivity index (χ1v) is 10.8. The van der Waals surface area contributed by atoms with Crippen molar-refractivity contribution in [3.8, 4) is 6.07 Å². The Bertz CT molecular complexity index is 915. The van der Waals surface area contributed by atoms with Crippen LogP contribution in [0.5, 0.6) is 0 Å². The van der Waals surface area contributed by atoms with Gasteiger partial charge in [-0.1, -0.05) is 6.07 Å². The molecule has 0 bridgehead atoms. The van der Waals surface area contributed by atoms with Gasteiger partial charge in [0.05, 0.1) is 11.3 Å². The first kappa shape index (κ1) is 20.4. The van der Waals surface area contributed by atoms with Crippen molar-refractivity contribution >= 4 is 17.3 Å². The Labute approximate surface area is 178 Å². The normalized spacial score (nSPS) is 20.1. The summed E-state index contributed by atoms with van der Waals surface area (Å²) in [5.41, 5.74) is 2.25. The molecule has 2 aliphatic rings. The molecule has 2 fully saturated rings. The van der Waals surface area contributed by atoms with Crippen molar-refractivity contribution in [2.24, 2.45) is 5.92 Å². The lowest BCUT2D eigenvalue weighted by Crippen LogP contribution is -2.50. The summed E-state index contributed by atoms with van der Waals surface area (Å²) in [6.45, 7) is 8.66. The van der Waals surface area contributed by atoms with Crippen molar-refractivity contribution in [3.05, 3.63) is 53.7 Å². The maximum atomic E-state index is 11.8. The average Bonchev–Trinajstić information content (AvgIpc) is 2.80. The van der Waals surface area contributed by atoms with Gasteiger partial charge in [0, 0.05) is 57.6 Å². The lowest BCUT2D eigenvalue weighted by atomic mass is 9.95. The van der Waals surface area contributed by atoms with E-state index >= 15 is 0 Å². The van der Waals surface area contributed by atoms with E-state index in [0.717, 1.165) is 63.7 Å². The number of rotatable bonds is 5. The highest BCUT2D eigenvalue weighted by Gasteiger charge is 2.26. The SMILES string of the molecule is CC(=O)c1ccc(C#N)c(N2CCCC(CN3CCN(c4ccccn4)CC3)C2)c1. The van der Waals surface area contributed by atoms with Crippen molar-refractivity contribution < 1.29 is 4.79 Å². The number of piperazine rings is 1. The molecule has 2 aliphatic heterocycles. The predicted octanol–water partition coefficient (Wildman–Crippen LogP) is 3.19. The molecule has 1 atom stereocenters. The summed E-state index contributed by atoms with van der Waals surface area (Å²) in [5.74, 6) is 1.68. The summed E-state index contributed by atoms with van der Waals surface area (Å²) < 4.78 is 0. The van der Waals surface area contributed by atoms with Crippen LogP contribution in [0.1, 0.15) is 35.7 Å². The van der Waals surface area contributed by atoms with Crippen molar-refractivity contribution in [3.63, 3.8) is 0 Å².